The summed E-state index contributed by atoms with van der Waals surface area (Å²) in [5.41, 5.74) is 5.95. The zero-order valence-corrected chi connectivity index (χ0v) is 13.2. The van der Waals surface area contributed by atoms with Crippen LogP contribution in [0.3, 0.4) is 0 Å². The minimum absolute atomic E-state index is 0.0236. The van der Waals surface area contributed by atoms with Crippen molar-refractivity contribution in [3.63, 3.8) is 0 Å². The molecule has 0 saturated carbocycles. The average molecular weight is 307 g/mol. The van der Waals surface area contributed by atoms with Gasteiger partial charge in [0.2, 0.25) is 11.8 Å². The van der Waals surface area contributed by atoms with Crippen LogP contribution in [-0.2, 0) is 9.59 Å². The quantitative estimate of drug-likeness (QED) is 0.578. The molecular formula is C15H25N5O2. The summed E-state index contributed by atoms with van der Waals surface area (Å²) in [4.78, 5) is 25.7. The van der Waals surface area contributed by atoms with Crippen LogP contribution in [0.1, 0.15) is 33.1 Å². The van der Waals surface area contributed by atoms with E-state index in [9.17, 15) is 9.59 Å². The van der Waals surface area contributed by atoms with Crippen LogP contribution < -0.4 is 16.4 Å². The third-order valence-electron chi connectivity index (χ3n) is 4.63. The number of nitrogens with two attached hydrogens (primary N) is 1. The fraction of sp³-hybridized carbons (Fsp3) is 0.800. The molecule has 2 fully saturated rings. The van der Waals surface area contributed by atoms with Gasteiger partial charge in [-0.2, -0.15) is 5.26 Å². The molecule has 0 spiro atoms. The average Bonchev–Trinajstić information content (AvgIpc) is 3.04. The van der Waals surface area contributed by atoms with E-state index in [0.717, 1.165) is 19.4 Å². The number of fused-ring (bicyclic) bond motifs is 2. The predicted molar refractivity (Wildman–Crippen MR) is 81.5 cm³/mol. The van der Waals surface area contributed by atoms with E-state index in [4.69, 9.17) is 11.0 Å². The van der Waals surface area contributed by atoms with Gasteiger partial charge < -0.3 is 16.4 Å². The lowest BCUT2D eigenvalue weighted by atomic mass is 10.00. The number of carbonyl (C=O) groups is 2. The first-order chi connectivity index (χ1) is 10.4. The molecule has 122 valence electrons. The topological polar surface area (TPSA) is 111 Å². The van der Waals surface area contributed by atoms with Crippen LogP contribution in [0.25, 0.3) is 0 Å². The fourth-order valence-corrected chi connectivity index (χ4v) is 3.11. The van der Waals surface area contributed by atoms with Crippen molar-refractivity contribution in [3.8, 4) is 6.07 Å². The molecule has 2 saturated heterocycles. The molecule has 2 amide bonds. The van der Waals surface area contributed by atoms with Gasteiger partial charge in [0.25, 0.3) is 0 Å². The molecule has 2 bridgehead atoms. The van der Waals surface area contributed by atoms with Gasteiger partial charge in [-0.3, -0.25) is 14.5 Å². The third kappa shape index (κ3) is 3.76. The number of hydrogen-bond acceptors (Lipinski definition) is 5. The van der Waals surface area contributed by atoms with Crippen molar-refractivity contribution < 1.29 is 9.59 Å². The van der Waals surface area contributed by atoms with Gasteiger partial charge in [0, 0.05) is 19.1 Å². The summed E-state index contributed by atoms with van der Waals surface area (Å²) >= 11 is 0. The number of nitriles is 1. The van der Waals surface area contributed by atoms with E-state index in [0.29, 0.717) is 18.9 Å². The number of hydrogen-bond donors (Lipinski definition) is 3. The Balaban J connectivity index is 1.82. The van der Waals surface area contributed by atoms with E-state index in [-0.39, 0.29) is 23.9 Å². The Morgan fingerprint density at radius 1 is 1.64 bits per heavy atom. The largest absolute Gasteiger partial charge is 0.351 e. The Labute approximate surface area is 131 Å². The minimum Gasteiger partial charge on any atom is -0.351 e. The van der Waals surface area contributed by atoms with Crippen LogP contribution in [-0.4, -0.2) is 54.0 Å². The highest BCUT2D eigenvalue weighted by Crippen LogP contribution is 2.24. The second-order valence-corrected chi connectivity index (χ2v) is 6.46. The number of rotatable bonds is 7. The maximum absolute atomic E-state index is 12.1. The fourth-order valence-electron chi connectivity index (χ4n) is 3.11. The van der Waals surface area contributed by atoms with E-state index in [1.165, 1.54) is 0 Å². The van der Waals surface area contributed by atoms with Gasteiger partial charge in [0.15, 0.2) is 0 Å². The first kappa shape index (κ1) is 16.7. The smallest absolute Gasteiger partial charge is 0.239 e. The summed E-state index contributed by atoms with van der Waals surface area (Å²) in [7, 11) is 0. The maximum atomic E-state index is 12.1. The predicted octanol–water partition coefficient (Wildman–Crippen LogP) is -0.669. The molecule has 0 aliphatic carbocycles. The molecule has 0 aromatic rings. The van der Waals surface area contributed by atoms with Gasteiger partial charge in [0.05, 0.1) is 18.2 Å². The monoisotopic (exact) mass is 307 g/mol. The molecule has 2 aliphatic heterocycles. The van der Waals surface area contributed by atoms with E-state index < -0.39 is 12.1 Å². The zero-order chi connectivity index (χ0) is 16.3. The third-order valence-corrected chi connectivity index (χ3v) is 4.63. The van der Waals surface area contributed by atoms with Crippen molar-refractivity contribution in [3.05, 3.63) is 0 Å². The van der Waals surface area contributed by atoms with Crippen LogP contribution in [0.2, 0.25) is 0 Å². The Hall–Kier alpha value is -1.65. The van der Waals surface area contributed by atoms with E-state index in [2.05, 4.69) is 30.6 Å². The molecule has 2 rings (SSSR count). The molecular weight excluding hydrogens is 282 g/mol. The Morgan fingerprint density at radius 2 is 2.36 bits per heavy atom. The van der Waals surface area contributed by atoms with E-state index in [1.807, 2.05) is 4.90 Å². The van der Waals surface area contributed by atoms with Gasteiger partial charge in [-0.15, -0.1) is 0 Å². The van der Waals surface area contributed by atoms with Crippen molar-refractivity contribution in [2.75, 3.05) is 13.1 Å². The Morgan fingerprint density at radius 3 is 2.91 bits per heavy atom. The molecule has 0 aromatic heterocycles. The summed E-state index contributed by atoms with van der Waals surface area (Å²) in [5.74, 6) is 0.0766. The van der Waals surface area contributed by atoms with Crippen molar-refractivity contribution in [1.82, 2.24) is 15.5 Å². The number of piperazine rings is 1. The summed E-state index contributed by atoms with van der Waals surface area (Å²) in [6.45, 7) is 5.20. The van der Waals surface area contributed by atoms with Crippen LogP contribution in [0, 0.1) is 17.2 Å². The molecule has 7 heteroatoms. The van der Waals surface area contributed by atoms with Gasteiger partial charge in [-0.1, -0.05) is 20.3 Å². The maximum Gasteiger partial charge on any atom is 0.239 e. The molecule has 2 aliphatic rings. The van der Waals surface area contributed by atoms with Crippen molar-refractivity contribution in [1.29, 1.82) is 5.26 Å². The van der Waals surface area contributed by atoms with E-state index >= 15 is 0 Å². The van der Waals surface area contributed by atoms with Crippen LogP contribution in [0.4, 0.5) is 0 Å². The molecule has 4 N–H and O–H groups in total. The Kier molecular flexibility index (Phi) is 5.37. The number of nitrogens with zero attached hydrogens (tertiary/aromatic N) is 2. The molecule has 0 aromatic carbocycles. The highest BCUT2D eigenvalue weighted by molar-refractivity contribution is 5.86. The molecule has 2 heterocycles. The highest BCUT2D eigenvalue weighted by Gasteiger charge is 2.44. The van der Waals surface area contributed by atoms with Crippen molar-refractivity contribution >= 4 is 11.8 Å². The van der Waals surface area contributed by atoms with Gasteiger partial charge >= 0.3 is 0 Å². The summed E-state index contributed by atoms with van der Waals surface area (Å²) in [5, 5.41) is 14.7. The molecule has 0 radical (unpaired) electrons. The van der Waals surface area contributed by atoms with Crippen molar-refractivity contribution in [2.24, 2.45) is 11.7 Å². The number of nitrogens with one attached hydrogen (secondary N) is 2. The highest BCUT2D eigenvalue weighted by atomic mass is 16.2. The first-order valence-corrected chi connectivity index (χ1v) is 7.94. The summed E-state index contributed by atoms with van der Waals surface area (Å²) < 4.78 is 0. The standard InChI is InChI=1S/C15H25N5O2/c1-3-9(2)4-10(6-16)18-14(21)12(17)8-20-7-11-5-13(20)15(22)19-11/h9-13H,3-5,7-8,17H2,1-2H3,(H,18,21)(H,19,22)/t9?,10?,11-,12?,13?/m0/s1. The van der Waals surface area contributed by atoms with Crippen molar-refractivity contribution in [2.45, 2.75) is 57.3 Å². The lowest BCUT2D eigenvalue weighted by Crippen LogP contribution is -2.55. The Bertz CT molecular complexity index is 475. The first-order valence-electron chi connectivity index (χ1n) is 7.94. The summed E-state index contributed by atoms with van der Waals surface area (Å²) in [6.07, 6.45) is 2.39. The second kappa shape index (κ2) is 7.07. The molecule has 22 heavy (non-hydrogen) atoms. The second-order valence-electron chi connectivity index (χ2n) is 6.46. The molecule has 5 atom stereocenters. The van der Waals surface area contributed by atoms with Crippen LogP contribution in [0.5, 0.6) is 0 Å². The lowest BCUT2D eigenvalue weighted by molar-refractivity contribution is -0.127. The van der Waals surface area contributed by atoms with Crippen LogP contribution in [0.15, 0.2) is 0 Å². The zero-order valence-electron chi connectivity index (χ0n) is 13.2. The SMILES string of the molecule is CCC(C)CC(C#N)NC(=O)C(N)CN1C[C@@H]2CC1C(=O)N2. The van der Waals surface area contributed by atoms with E-state index in [1.54, 1.807) is 0 Å². The molecule has 4 unspecified atom stereocenters. The van der Waals surface area contributed by atoms with Gasteiger partial charge in [-0.05, 0) is 18.8 Å². The minimum atomic E-state index is -0.722. The van der Waals surface area contributed by atoms with Crippen LogP contribution >= 0.6 is 0 Å². The molecule has 7 nitrogen and oxygen atoms in total. The number of amides is 2. The van der Waals surface area contributed by atoms with Gasteiger partial charge in [0.1, 0.15) is 6.04 Å². The van der Waals surface area contributed by atoms with Gasteiger partial charge in [-0.25, -0.2) is 0 Å². The number of likely N-dealkylation sites (tertiary alicyclic amines) is 1. The summed E-state index contributed by atoms with van der Waals surface area (Å²) in [6, 6.07) is 0.914. The normalized spacial score (nSPS) is 27.8. The number of carbonyl (C=O) groups excluding carboxylic acids is 2. The lowest BCUT2D eigenvalue weighted by Gasteiger charge is -2.28.